The maximum absolute atomic E-state index is 5.97. The van der Waals surface area contributed by atoms with Gasteiger partial charge in [-0.1, -0.05) is 125 Å². The highest BCUT2D eigenvalue weighted by Gasteiger charge is 2.24. The third-order valence-corrected chi connectivity index (χ3v) is 20.8. The summed E-state index contributed by atoms with van der Waals surface area (Å²) in [4.78, 5) is 0. The molecule has 0 heterocycles. The monoisotopic (exact) mass is 530 g/mol. The Morgan fingerprint density at radius 1 is 0.567 bits per heavy atom. The van der Waals surface area contributed by atoms with Crippen LogP contribution < -0.4 is 0 Å². The van der Waals surface area contributed by atoms with Crippen molar-refractivity contribution in [2.24, 2.45) is 0 Å². The van der Waals surface area contributed by atoms with Crippen LogP contribution in [0.2, 0.25) is 24.2 Å². The van der Waals surface area contributed by atoms with Gasteiger partial charge in [-0.3, -0.25) is 0 Å². The lowest BCUT2D eigenvalue weighted by Gasteiger charge is -2.25. The van der Waals surface area contributed by atoms with Crippen molar-refractivity contribution < 1.29 is 9.47 Å². The predicted molar refractivity (Wildman–Crippen MR) is 155 cm³/mol. The predicted octanol–water partition coefficient (Wildman–Crippen LogP) is 8.43. The van der Waals surface area contributed by atoms with E-state index in [2.05, 4.69) is 27.7 Å². The van der Waals surface area contributed by atoms with Gasteiger partial charge in [0.05, 0.1) is 29.0 Å². The lowest BCUT2D eigenvalue weighted by atomic mass is 10.4. The molecule has 0 aromatic rings. The van der Waals surface area contributed by atoms with Crippen molar-refractivity contribution in [1.82, 2.24) is 0 Å². The van der Waals surface area contributed by atoms with Crippen LogP contribution in [-0.4, -0.2) is 54.8 Å². The molecule has 8 heteroatoms. The Bertz CT molecular complexity index is 309. The van der Waals surface area contributed by atoms with Crippen LogP contribution in [0.15, 0.2) is 0 Å². The molecule has 0 amide bonds. The normalized spacial score (nSPS) is 14.0. The van der Waals surface area contributed by atoms with Gasteiger partial charge in [0.2, 0.25) is 0 Å². The molecule has 30 heavy (non-hydrogen) atoms. The van der Waals surface area contributed by atoms with Gasteiger partial charge in [0.25, 0.3) is 0 Å². The summed E-state index contributed by atoms with van der Waals surface area (Å²) in [5, 5.41) is 0. The SMILES string of the molecule is CCCC[SiH](CCCC)C(CSSSSCC(OC)[SiH](CCCC)CCCC)OC. The lowest BCUT2D eigenvalue weighted by molar-refractivity contribution is 0.178. The first-order valence-electron chi connectivity index (χ1n) is 12.3. The van der Waals surface area contributed by atoms with Crippen LogP contribution in [0.4, 0.5) is 0 Å². The Labute approximate surface area is 207 Å². The van der Waals surface area contributed by atoms with Gasteiger partial charge in [0.1, 0.15) is 0 Å². The minimum absolute atomic E-state index is 0.540. The van der Waals surface area contributed by atoms with E-state index in [1.54, 1.807) is 0 Å². The Hall–Kier alpha value is 1.75. The van der Waals surface area contributed by atoms with Crippen LogP contribution in [0.3, 0.4) is 0 Å². The molecular weight excluding hydrogens is 481 g/mol. The third kappa shape index (κ3) is 16.4. The van der Waals surface area contributed by atoms with Gasteiger partial charge in [-0.15, -0.1) is 0 Å². The van der Waals surface area contributed by atoms with E-state index in [-0.39, 0.29) is 0 Å². The van der Waals surface area contributed by atoms with Gasteiger partial charge in [0.15, 0.2) is 0 Å². The van der Waals surface area contributed by atoms with Gasteiger partial charge in [0, 0.05) is 25.7 Å². The second kappa shape index (κ2) is 23.9. The van der Waals surface area contributed by atoms with Crippen molar-refractivity contribution in [1.29, 1.82) is 0 Å². The van der Waals surface area contributed by atoms with Crippen LogP contribution in [0, 0.1) is 0 Å². The fraction of sp³-hybridized carbons (Fsp3) is 1.00. The van der Waals surface area contributed by atoms with E-state index < -0.39 is 17.6 Å². The fourth-order valence-corrected chi connectivity index (χ4v) is 20.0. The number of hydrogen-bond acceptors (Lipinski definition) is 6. The molecule has 0 rings (SSSR count). The summed E-state index contributed by atoms with van der Waals surface area (Å²) < 4.78 is 11.9. The van der Waals surface area contributed by atoms with Crippen LogP contribution in [0.5, 0.6) is 0 Å². The van der Waals surface area contributed by atoms with Crippen molar-refractivity contribution in [3.05, 3.63) is 0 Å². The summed E-state index contributed by atoms with van der Waals surface area (Å²) in [5.41, 5.74) is 1.08. The molecule has 0 aromatic carbocycles. The summed E-state index contributed by atoms with van der Waals surface area (Å²) in [6, 6.07) is 5.83. The zero-order chi connectivity index (χ0) is 22.5. The fourth-order valence-electron chi connectivity index (χ4n) is 3.92. The highest BCUT2D eigenvalue weighted by atomic mass is 33.7. The van der Waals surface area contributed by atoms with Gasteiger partial charge in [-0.25, -0.2) is 0 Å². The number of ether oxygens (including phenoxy) is 2. The van der Waals surface area contributed by atoms with E-state index >= 15 is 0 Å². The number of rotatable bonds is 23. The summed E-state index contributed by atoms with van der Waals surface area (Å²) in [7, 11) is 10.3. The quantitative estimate of drug-likeness (QED) is 0.0744. The molecule has 2 atom stereocenters. The first-order valence-corrected chi connectivity index (χ1v) is 22.1. The second-order valence-corrected chi connectivity index (χ2v) is 21.3. The molecule has 0 aliphatic heterocycles. The highest BCUT2D eigenvalue weighted by Crippen LogP contribution is 2.44. The zero-order valence-corrected chi connectivity index (χ0v) is 26.2. The molecule has 0 saturated carbocycles. The minimum atomic E-state index is -0.787. The number of hydrogen-bond donors (Lipinski definition) is 0. The van der Waals surface area contributed by atoms with E-state index in [1.165, 1.54) is 75.5 Å². The highest BCUT2D eigenvalue weighted by molar-refractivity contribution is 9.26. The second-order valence-electron chi connectivity index (χ2n) is 8.34. The molecule has 0 bridgehead atoms. The molecule has 0 radical (unpaired) electrons. The van der Waals surface area contributed by atoms with Crippen molar-refractivity contribution in [2.75, 3.05) is 25.7 Å². The molecule has 0 saturated heterocycles. The summed E-state index contributed by atoms with van der Waals surface area (Å²) in [6.45, 7) is 9.26. The first kappa shape index (κ1) is 31.8. The van der Waals surface area contributed by atoms with E-state index in [1.807, 2.05) is 55.5 Å². The maximum atomic E-state index is 5.97. The Morgan fingerprint density at radius 2 is 0.867 bits per heavy atom. The van der Waals surface area contributed by atoms with Gasteiger partial charge in [-0.2, -0.15) is 0 Å². The Morgan fingerprint density at radius 3 is 1.10 bits per heavy atom. The molecule has 182 valence electrons. The van der Waals surface area contributed by atoms with Crippen LogP contribution in [0.1, 0.15) is 79.1 Å². The standard InChI is InChI=1S/C22H50O2S4Si2/c1-7-11-15-29(16-12-8-2)21(23-5)19-25-27-28-26-20-22(24-6)30(17-13-9-3)18-14-10-4/h21-22,29-30H,7-20H2,1-6H3. The smallest absolute Gasteiger partial charge is 0.0728 e. The third-order valence-electron chi connectivity index (χ3n) is 5.96. The molecule has 2 unspecified atom stereocenters. The van der Waals surface area contributed by atoms with Crippen LogP contribution >= 0.6 is 41.2 Å². The zero-order valence-electron chi connectivity index (χ0n) is 20.7. The molecule has 0 spiro atoms. The topological polar surface area (TPSA) is 18.5 Å². The first-order chi connectivity index (χ1) is 14.7. The van der Waals surface area contributed by atoms with Crippen molar-refractivity contribution >= 4 is 58.8 Å². The van der Waals surface area contributed by atoms with Gasteiger partial charge in [-0.05, 0) is 19.7 Å². The van der Waals surface area contributed by atoms with Crippen molar-refractivity contribution in [3.63, 3.8) is 0 Å². The summed E-state index contributed by atoms with van der Waals surface area (Å²) >= 11 is 0. The Balaban J connectivity index is 4.26. The molecule has 2 nitrogen and oxygen atoms in total. The van der Waals surface area contributed by atoms with E-state index in [9.17, 15) is 0 Å². The number of unbranched alkanes of at least 4 members (excludes halogenated alkanes) is 4. The lowest BCUT2D eigenvalue weighted by Crippen LogP contribution is -2.34. The Kier molecular flexibility index (Phi) is 25.3. The van der Waals surface area contributed by atoms with Gasteiger partial charge >= 0.3 is 0 Å². The molecule has 0 aliphatic carbocycles. The summed E-state index contributed by atoms with van der Waals surface area (Å²) in [6.07, 6.45) is 10.9. The molecule has 0 N–H and O–H groups in total. The van der Waals surface area contributed by atoms with Crippen molar-refractivity contribution in [3.8, 4) is 0 Å². The molecule has 0 aliphatic rings. The van der Waals surface area contributed by atoms with E-state index in [4.69, 9.17) is 9.47 Å². The van der Waals surface area contributed by atoms with E-state index in [0.717, 1.165) is 11.5 Å². The molecular formula is C22H50O2S4Si2. The number of methoxy groups -OCH3 is 2. The van der Waals surface area contributed by atoms with Crippen LogP contribution in [-0.2, 0) is 9.47 Å². The van der Waals surface area contributed by atoms with Crippen LogP contribution in [0.25, 0.3) is 0 Å². The summed E-state index contributed by atoms with van der Waals surface area (Å²) in [5.74, 6) is 2.33. The van der Waals surface area contributed by atoms with E-state index in [0.29, 0.717) is 11.5 Å². The average Bonchev–Trinajstić information content (AvgIpc) is 2.77. The maximum Gasteiger partial charge on any atom is 0.0728 e. The molecule has 0 fully saturated rings. The van der Waals surface area contributed by atoms with Gasteiger partial charge < -0.3 is 9.47 Å². The van der Waals surface area contributed by atoms with Crippen molar-refractivity contribution in [2.45, 2.75) is 115 Å². The minimum Gasteiger partial charge on any atom is -0.384 e. The largest absolute Gasteiger partial charge is 0.384 e. The average molecular weight is 531 g/mol. The molecule has 0 aromatic heterocycles.